The van der Waals surface area contributed by atoms with Gasteiger partial charge in [0.05, 0.1) is 35.8 Å². The normalized spacial score (nSPS) is 11.9. The fraction of sp³-hybridized carbons (Fsp3) is 0.250. The Morgan fingerprint density at radius 2 is 2.10 bits per heavy atom. The van der Waals surface area contributed by atoms with Crippen LogP contribution >= 0.6 is 0 Å². The lowest BCUT2D eigenvalue weighted by atomic mass is 10.1. The topological polar surface area (TPSA) is 88.2 Å². The van der Waals surface area contributed by atoms with Crippen molar-refractivity contribution in [2.75, 3.05) is 12.3 Å². The van der Waals surface area contributed by atoms with Crippen molar-refractivity contribution < 1.29 is 9.90 Å². The number of hydrogen-bond acceptors (Lipinski definition) is 4. The summed E-state index contributed by atoms with van der Waals surface area (Å²) in [5, 5.41) is 12.3. The molecule has 1 aromatic heterocycles. The maximum absolute atomic E-state index is 12.3. The average molecular weight is 285 g/mol. The lowest BCUT2D eigenvalue weighted by molar-refractivity contribution is 0.0915. The molecule has 4 N–H and O–H groups in total. The van der Waals surface area contributed by atoms with E-state index >= 15 is 0 Å². The van der Waals surface area contributed by atoms with Crippen LogP contribution in [0.15, 0.2) is 42.6 Å². The average Bonchev–Trinajstić information content (AvgIpc) is 2.50. The first-order valence-electron chi connectivity index (χ1n) is 6.78. The first-order chi connectivity index (χ1) is 10.1. The molecule has 110 valence electrons. The molecule has 0 saturated heterocycles. The Hall–Kier alpha value is -2.40. The number of nitrogen functional groups attached to an aromatic ring is 1. The Kier molecular flexibility index (Phi) is 4.90. The predicted molar refractivity (Wildman–Crippen MR) is 81.9 cm³/mol. The molecule has 0 radical (unpaired) electrons. The van der Waals surface area contributed by atoms with Gasteiger partial charge >= 0.3 is 0 Å². The summed E-state index contributed by atoms with van der Waals surface area (Å²) in [7, 11) is 0. The van der Waals surface area contributed by atoms with Crippen LogP contribution in [0.4, 0.5) is 5.69 Å². The third-order valence-corrected chi connectivity index (χ3v) is 3.23. The second kappa shape index (κ2) is 6.85. The summed E-state index contributed by atoms with van der Waals surface area (Å²) < 4.78 is 0. The third kappa shape index (κ3) is 4.03. The van der Waals surface area contributed by atoms with E-state index in [4.69, 9.17) is 5.73 Å². The van der Waals surface area contributed by atoms with Crippen molar-refractivity contribution >= 4 is 11.6 Å². The molecule has 1 heterocycles. The molecule has 0 fully saturated rings. The molecule has 21 heavy (non-hydrogen) atoms. The van der Waals surface area contributed by atoms with Crippen LogP contribution in [0.1, 0.15) is 21.6 Å². The van der Waals surface area contributed by atoms with Gasteiger partial charge in [-0.1, -0.05) is 30.3 Å². The molecule has 0 bridgehead atoms. The number of rotatable bonds is 5. The summed E-state index contributed by atoms with van der Waals surface area (Å²) in [5.41, 5.74) is 8.20. The van der Waals surface area contributed by atoms with Gasteiger partial charge in [0.1, 0.15) is 0 Å². The van der Waals surface area contributed by atoms with Crippen LogP contribution in [0.3, 0.4) is 0 Å². The van der Waals surface area contributed by atoms with Gasteiger partial charge in [-0.05, 0) is 25.0 Å². The van der Waals surface area contributed by atoms with Crippen LogP contribution in [-0.4, -0.2) is 28.6 Å². The zero-order chi connectivity index (χ0) is 15.2. The van der Waals surface area contributed by atoms with Crippen molar-refractivity contribution in [3.05, 3.63) is 59.4 Å². The van der Waals surface area contributed by atoms with E-state index in [1.54, 1.807) is 13.0 Å². The van der Waals surface area contributed by atoms with Gasteiger partial charge in [0.15, 0.2) is 0 Å². The molecule has 5 heteroatoms. The molecule has 0 spiro atoms. The Bertz CT molecular complexity index is 614. The number of nitrogens with one attached hydrogen (secondary N) is 1. The van der Waals surface area contributed by atoms with Crippen LogP contribution in [0.5, 0.6) is 0 Å². The highest BCUT2D eigenvalue weighted by atomic mass is 16.3. The van der Waals surface area contributed by atoms with Crippen molar-refractivity contribution in [3.63, 3.8) is 0 Å². The van der Waals surface area contributed by atoms with E-state index in [2.05, 4.69) is 10.3 Å². The van der Waals surface area contributed by atoms with E-state index in [0.717, 1.165) is 5.56 Å². The van der Waals surface area contributed by atoms with Crippen LogP contribution in [-0.2, 0) is 6.42 Å². The Balaban J connectivity index is 2.07. The number of nitrogens with two attached hydrogens (primary N) is 1. The van der Waals surface area contributed by atoms with E-state index in [1.165, 1.54) is 6.20 Å². The standard InChI is InChI=1S/C16H19N3O2/c1-11-15(8-13(17)9-18-11)16(21)19-14(10-20)7-12-5-3-2-4-6-12/h2-6,8-9,14,20H,7,10,17H2,1H3,(H,19,21)/t14-/m0/s1. The highest BCUT2D eigenvalue weighted by Gasteiger charge is 2.16. The molecule has 0 unspecified atom stereocenters. The van der Waals surface area contributed by atoms with E-state index in [9.17, 15) is 9.90 Å². The number of amides is 1. The SMILES string of the molecule is Cc1ncc(N)cc1C(=O)N[C@H](CO)Cc1ccccc1. The molecular weight excluding hydrogens is 266 g/mol. The smallest absolute Gasteiger partial charge is 0.253 e. The predicted octanol–water partition coefficient (Wildman–Crippen LogP) is 1.31. The van der Waals surface area contributed by atoms with Crippen LogP contribution in [0.25, 0.3) is 0 Å². The van der Waals surface area contributed by atoms with Gasteiger partial charge in [0.25, 0.3) is 5.91 Å². The van der Waals surface area contributed by atoms with Crippen LogP contribution in [0, 0.1) is 6.92 Å². The van der Waals surface area contributed by atoms with E-state index in [0.29, 0.717) is 23.4 Å². The van der Waals surface area contributed by atoms with Gasteiger partial charge in [0, 0.05) is 0 Å². The first-order valence-corrected chi connectivity index (χ1v) is 6.78. The fourth-order valence-electron chi connectivity index (χ4n) is 2.10. The van der Waals surface area contributed by atoms with Crippen LogP contribution in [0.2, 0.25) is 0 Å². The Labute approximate surface area is 123 Å². The lowest BCUT2D eigenvalue weighted by Gasteiger charge is -2.17. The molecule has 0 saturated carbocycles. The maximum atomic E-state index is 12.3. The quantitative estimate of drug-likeness (QED) is 0.772. The number of carbonyl (C=O) groups excluding carboxylic acids is 1. The summed E-state index contributed by atoms with van der Waals surface area (Å²) in [6.45, 7) is 1.62. The third-order valence-electron chi connectivity index (χ3n) is 3.23. The van der Waals surface area contributed by atoms with Crippen molar-refractivity contribution in [1.29, 1.82) is 0 Å². The summed E-state index contributed by atoms with van der Waals surface area (Å²) in [4.78, 5) is 16.3. The molecule has 0 aliphatic heterocycles. The lowest BCUT2D eigenvalue weighted by Crippen LogP contribution is -2.39. The highest BCUT2D eigenvalue weighted by molar-refractivity contribution is 5.96. The molecule has 1 atom stereocenters. The van der Waals surface area contributed by atoms with Crippen molar-refractivity contribution in [1.82, 2.24) is 10.3 Å². The first kappa shape index (κ1) is 15.0. The second-order valence-electron chi connectivity index (χ2n) is 4.94. The number of benzene rings is 1. The molecular formula is C16H19N3O2. The summed E-state index contributed by atoms with van der Waals surface area (Å²) in [6.07, 6.45) is 2.08. The minimum absolute atomic E-state index is 0.130. The van der Waals surface area contributed by atoms with Crippen molar-refractivity contribution in [2.45, 2.75) is 19.4 Å². The summed E-state index contributed by atoms with van der Waals surface area (Å²) in [5.74, 6) is -0.276. The molecule has 0 aliphatic carbocycles. The van der Waals surface area contributed by atoms with E-state index in [1.807, 2.05) is 30.3 Å². The van der Waals surface area contributed by atoms with Gasteiger partial charge in [-0.2, -0.15) is 0 Å². The number of pyridine rings is 1. The monoisotopic (exact) mass is 285 g/mol. The van der Waals surface area contributed by atoms with E-state index in [-0.39, 0.29) is 18.6 Å². The van der Waals surface area contributed by atoms with Gasteiger partial charge < -0.3 is 16.2 Å². The van der Waals surface area contributed by atoms with Crippen LogP contribution < -0.4 is 11.1 Å². The number of aromatic nitrogens is 1. The molecule has 1 amide bonds. The summed E-state index contributed by atoms with van der Waals surface area (Å²) in [6, 6.07) is 11.0. The van der Waals surface area contributed by atoms with Gasteiger partial charge in [-0.25, -0.2) is 0 Å². The second-order valence-corrected chi connectivity index (χ2v) is 4.94. The maximum Gasteiger partial charge on any atom is 0.253 e. The largest absolute Gasteiger partial charge is 0.397 e. The van der Waals surface area contributed by atoms with Gasteiger partial charge in [0.2, 0.25) is 0 Å². The molecule has 0 aliphatic rings. The molecule has 2 rings (SSSR count). The summed E-state index contributed by atoms with van der Waals surface area (Å²) >= 11 is 0. The van der Waals surface area contributed by atoms with Crippen molar-refractivity contribution in [2.24, 2.45) is 0 Å². The van der Waals surface area contributed by atoms with Gasteiger partial charge in [-0.15, -0.1) is 0 Å². The molecule has 1 aromatic carbocycles. The number of hydrogen-bond donors (Lipinski definition) is 3. The zero-order valence-electron chi connectivity index (χ0n) is 11.9. The number of anilines is 1. The van der Waals surface area contributed by atoms with Crippen molar-refractivity contribution in [3.8, 4) is 0 Å². The zero-order valence-corrected chi connectivity index (χ0v) is 11.9. The molecule has 5 nitrogen and oxygen atoms in total. The Morgan fingerprint density at radius 1 is 1.38 bits per heavy atom. The Morgan fingerprint density at radius 3 is 2.76 bits per heavy atom. The minimum Gasteiger partial charge on any atom is -0.397 e. The number of carbonyl (C=O) groups is 1. The number of aliphatic hydroxyl groups excluding tert-OH is 1. The number of nitrogens with zero attached hydrogens (tertiary/aromatic N) is 1. The molecule has 2 aromatic rings. The van der Waals surface area contributed by atoms with E-state index < -0.39 is 0 Å². The highest BCUT2D eigenvalue weighted by Crippen LogP contribution is 2.10. The van der Waals surface area contributed by atoms with Gasteiger partial charge in [-0.3, -0.25) is 9.78 Å². The number of aliphatic hydroxyl groups is 1. The number of aryl methyl sites for hydroxylation is 1. The minimum atomic E-state index is -0.347. The fourth-order valence-corrected chi connectivity index (χ4v) is 2.10.